The zero-order valence-corrected chi connectivity index (χ0v) is 33.5. The van der Waals surface area contributed by atoms with E-state index in [9.17, 15) is 0 Å². The lowest BCUT2D eigenvalue weighted by atomic mass is 9.81. The number of hydrogen-bond donors (Lipinski definition) is 0. The molecule has 2 aromatic heterocycles. The molecule has 0 fully saturated rings. The van der Waals surface area contributed by atoms with E-state index in [0.717, 1.165) is 46.1 Å². The van der Waals surface area contributed by atoms with Crippen LogP contribution in [0.4, 0.5) is 0 Å². The van der Waals surface area contributed by atoms with Crippen molar-refractivity contribution in [2.75, 3.05) is 0 Å². The highest BCUT2D eigenvalue weighted by Gasteiger charge is 2.38. The molecule has 0 atom stereocenters. The number of aromatic nitrogens is 4. The second kappa shape index (κ2) is 13.3. The average molecular weight is 769 g/mol. The van der Waals surface area contributed by atoms with Gasteiger partial charge in [0.25, 0.3) is 0 Å². The molecule has 12 rings (SSSR count). The van der Waals surface area contributed by atoms with E-state index in [1.165, 1.54) is 66.1 Å². The van der Waals surface area contributed by atoms with Crippen LogP contribution in [0.1, 0.15) is 48.2 Å². The van der Waals surface area contributed by atoms with Crippen molar-refractivity contribution in [3.8, 4) is 51.0 Å². The number of benzene rings is 8. The van der Waals surface area contributed by atoms with E-state index in [1.54, 1.807) is 0 Å². The van der Waals surface area contributed by atoms with Gasteiger partial charge in [-0.3, -0.25) is 4.57 Å². The van der Waals surface area contributed by atoms with Crippen LogP contribution in [0.25, 0.3) is 89.0 Å². The third-order valence-corrected chi connectivity index (χ3v) is 12.9. The molecule has 284 valence electrons. The summed E-state index contributed by atoms with van der Waals surface area (Å²) in [6.07, 6.45) is 4.33. The fourth-order valence-electron chi connectivity index (χ4n) is 10.0. The van der Waals surface area contributed by atoms with Crippen molar-refractivity contribution in [2.24, 2.45) is 0 Å². The number of aryl methyl sites for hydroxylation is 1. The number of hydrogen-bond acceptors (Lipinski definition) is 3. The molecule has 60 heavy (non-hydrogen) atoms. The quantitative estimate of drug-likeness (QED) is 0.175. The lowest BCUT2D eigenvalue weighted by Crippen LogP contribution is -2.15. The SMILES string of the molecule is CC1(C)c2ccccc2-c2c(C3=CCCc4c3n(-c3nc(-c5ccc(-c6ccccc6)cc5)nc(-c5ccc6ccccc6c5)n3)c3c4ccc4ccccc43)cccc21. The zero-order chi connectivity index (χ0) is 40.0. The van der Waals surface area contributed by atoms with Crippen LogP contribution in [0.3, 0.4) is 0 Å². The molecular formula is C56H40N4. The lowest BCUT2D eigenvalue weighted by molar-refractivity contribution is 0.660. The summed E-state index contributed by atoms with van der Waals surface area (Å²) >= 11 is 0. The fraction of sp³-hybridized carbons (Fsp3) is 0.0893. The highest BCUT2D eigenvalue weighted by Crippen LogP contribution is 2.53. The molecular weight excluding hydrogens is 729 g/mol. The predicted octanol–water partition coefficient (Wildman–Crippen LogP) is 13.8. The lowest BCUT2D eigenvalue weighted by Gasteiger charge is -2.23. The first-order valence-corrected chi connectivity index (χ1v) is 20.9. The fourth-order valence-corrected chi connectivity index (χ4v) is 10.0. The van der Waals surface area contributed by atoms with Crippen LogP contribution in [-0.4, -0.2) is 19.5 Å². The van der Waals surface area contributed by atoms with Crippen LogP contribution in [0.15, 0.2) is 182 Å². The molecule has 0 unspecified atom stereocenters. The van der Waals surface area contributed by atoms with Crippen molar-refractivity contribution in [1.82, 2.24) is 19.5 Å². The topological polar surface area (TPSA) is 43.6 Å². The van der Waals surface area contributed by atoms with E-state index in [4.69, 9.17) is 15.0 Å². The molecule has 10 aromatic rings. The van der Waals surface area contributed by atoms with Crippen LogP contribution in [0.2, 0.25) is 0 Å². The van der Waals surface area contributed by atoms with Gasteiger partial charge < -0.3 is 0 Å². The molecule has 2 aliphatic rings. The second-order valence-corrected chi connectivity index (χ2v) is 16.7. The van der Waals surface area contributed by atoms with E-state index in [1.807, 2.05) is 0 Å². The highest BCUT2D eigenvalue weighted by molar-refractivity contribution is 6.11. The summed E-state index contributed by atoms with van der Waals surface area (Å²) in [6, 6.07) is 63.2. The number of rotatable bonds is 5. The molecule has 4 nitrogen and oxygen atoms in total. The van der Waals surface area contributed by atoms with E-state index in [0.29, 0.717) is 17.6 Å². The maximum Gasteiger partial charge on any atom is 0.238 e. The van der Waals surface area contributed by atoms with Gasteiger partial charge >= 0.3 is 0 Å². The summed E-state index contributed by atoms with van der Waals surface area (Å²) in [5, 5.41) is 5.92. The molecule has 0 aliphatic heterocycles. The van der Waals surface area contributed by atoms with E-state index >= 15 is 0 Å². The number of nitrogens with zero attached hydrogens (tertiary/aromatic N) is 4. The minimum Gasteiger partial charge on any atom is -0.277 e. The van der Waals surface area contributed by atoms with Gasteiger partial charge in [-0.15, -0.1) is 0 Å². The molecule has 4 heteroatoms. The maximum atomic E-state index is 5.48. The van der Waals surface area contributed by atoms with Gasteiger partial charge in [0.1, 0.15) is 0 Å². The van der Waals surface area contributed by atoms with Gasteiger partial charge in [0.2, 0.25) is 5.95 Å². The Bertz CT molecular complexity index is 3390. The molecule has 0 N–H and O–H groups in total. The van der Waals surface area contributed by atoms with Crippen molar-refractivity contribution in [1.29, 1.82) is 0 Å². The van der Waals surface area contributed by atoms with Crippen LogP contribution >= 0.6 is 0 Å². The first-order chi connectivity index (χ1) is 29.5. The number of fused-ring (bicyclic) bond motifs is 9. The van der Waals surface area contributed by atoms with Crippen LogP contribution in [0, 0.1) is 0 Å². The Hall–Kier alpha value is -7.43. The molecule has 0 amide bonds. The van der Waals surface area contributed by atoms with Crippen molar-refractivity contribution >= 4 is 38.0 Å². The maximum absolute atomic E-state index is 5.48. The molecule has 2 heterocycles. The Balaban J connectivity index is 1.15. The molecule has 8 aromatic carbocycles. The Morgan fingerprint density at radius 2 is 1.12 bits per heavy atom. The van der Waals surface area contributed by atoms with E-state index in [2.05, 4.69) is 200 Å². The van der Waals surface area contributed by atoms with Crippen molar-refractivity contribution in [3.63, 3.8) is 0 Å². The highest BCUT2D eigenvalue weighted by atomic mass is 15.2. The number of allylic oxidation sites excluding steroid dienone is 1. The Morgan fingerprint density at radius 3 is 1.97 bits per heavy atom. The third-order valence-electron chi connectivity index (χ3n) is 12.9. The third kappa shape index (κ3) is 5.27. The van der Waals surface area contributed by atoms with Gasteiger partial charge in [-0.2, -0.15) is 9.97 Å². The van der Waals surface area contributed by atoms with Crippen molar-refractivity contribution < 1.29 is 0 Å². The van der Waals surface area contributed by atoms with Gasteiger partial charge in [0.05, 0.1) is 11.2 Å². The van der Waals surface area contributed by atoms with Crippen LogP contribution in [0.5, 0.6) is 0 Å². The summed E-state index contributed by atoms with van der Waals surface area (Å²) in [7, 11) is 0. The summed E-state index contributed by atoms with van der Waals surface area (Å²) in [6.45, 7) is 4.72. The second-order valence-electron chi connectivity index (χ2n) is 16.7. The summed E-state index contributed by atoms with van der Waals surface area (Å²) in [5.74, 6) is 1.89. The Labute approximate surface area is 349 Å². The van der Waals surface area contributed by atoms with Crippen molar-refractivity contribution in [3.05, 3.63) is 210 Å². The monoisotopic (exact) mass is 768 g/mol. The van der Waals surface area contributed by atoms with Gasteiger partial charge in [0.15, 0.2) is 11.6 Å². The average Bonchev–Trinajstić information content (AvgIpc) is 3.78. The largest absolute Gasteiger partial charge is 0.277 e. The molecule has 0 bridgehead atoms. The van der Waals surface area contributed by atoms with Gasteiger partial charge in [0, 0.05) is 32.9 Å². The molecule has 0 saturated carbocycles. The molecule has 0 radical (unpaired) electrons. The van der Waals surface area contributed by atoms with Gasteiger partial charge in [-0.25, -0.2) is 4.98 Å². The first-order valence-electron chi connectivity index (χ1n) is 20.9. The summed E-state index contributed by atoms with van der Waals surface area (Å²) in [4.78, 5) is 16.2. The predicted molar refractivity (Wildman–Crippen MR) is 247 cm³/mol. The summed E-state index contributed by atoms with van der Waals surface area (Å²) < 4.78 is 2.37. The van der Waals surface area contributed by atoms with Crippen molar-refractivity contribution in [2.45, 2.75) is 32.1 Å². The minimum absolute atomic E-state index is 0.114. The van der Waals surface area contributed by atoms with Gasteiger partial charge in [-0.05, 0) is 79.6 Å². The smallest absolute Gasteiger partial charge is 0.238 e. The van der Waals surface area contributed by atoms with E-state index in [-0.39, 0.29) is 5.41 Å². The van der Waals surface area contributed by atoms with E-state index < -0.39 is 0 Å². The summed E-state index contributed by atoms with van der Waals surface area (Å²) in [5.41, 5.74) is 15.6. The molecule has 0 saturated heterocycles. The van der Waals surface area contributed by atoms with Gasteiger partial charge in [-0.1, -0.05) is 190 Å². The normalized spacial score (nSPS) is 13.9. The van der Waals surface area contributed by atoms with Crippen LogP contribution < -0.4 is 0 Å². The Kier molecular flexibility index (Phi) is 7.67. The zero-order valence-electron chi connectivity index (χ0n) is 33.5. The van der Waals surface area contributed by atoms with Crippen LogP contribution in [-0.2, 0) is 11.8 Å². The molecule has 0 spiro atoms. The molecule has 2 aliphatic carbocycles. The Morgan fingerprint density at radius 1 is 0.483 bits per heavy atom. The standard InChI is InChI=1S/C56H40N4/c1-56(2)48-24-11-10-20-47(48)50-43(21-13-25-49(50)56)44-22-12-23-45-46-33-32-38-17-8-9-19-42(38)51(46)60(52(44)45)55-58-53(39-29-26-37(27-30-39)35-14-4-3-5-15-35)57-54(59-55)41-31-28-36-16-6-7-18-40(36)34-41/h3-11,13-22,24-34H,12,23H2,1-2H3. The minimum atomic E-state index is -0.114. The first kappa shape index (κ1) is 34.6.